The van der Waals surface area contributed by atoms with Gasteiger partial charge < -0.3 is 9.85 Å². The van der Waals surface area contributed by atoms with Gasteiger partial charge in [0.2, 0.25) is 0 Å². The fourth-order valence-electron chi connectivity index (χ4n) is 1.39. The fourth-order valence-corrected chi connectivity index (χ4v) is 8.07. The molecule has 2 N–H and O–H groups in total. The van der Waals surface area contributed by atoms with Crippen LogP contribution >= 0.6 is 0 Å². The van der Waals surface area contributed by atoms with Crippen molar-refractivity contribution >= 4 is 17.4 Å². The second-order valence-electron chi connectivity index (χ2n) is 4.17. The maximum Gasteiger partial charge on any atom is 0.173 e. The molecule has 0 aliphatic heterocycles. The van der Waals surface area contributed by atoms with Crippen LogP contribution in [0.1, 0.15) is 12.8 Å². The molecule has 0 heterocycles. The number of nitrogens with two attached hydrogens (primary N) is 1. The van der Waals surface area contributed by atoms with Gasteiger partial charge in [0.1, 0.15) is 0 Å². The summed E-state index contributed by atoms with van der Waals surface area (Å²) in [4.78, 5) is 0. The maximum absolute atomic E-state index is 6.02. The van der Waals surface area contributed by atoms with Crippen LogP contribution in [0.2, 0.25) is 32.2 Å². The summed E-state index contributed by atoms with van der Waals surface area (Å²) in [6.45, 7) is 9.95. The minimum absolute atomic E-state index is 0.817. The van der Waals surface area contributed by atoms with E-state index in [0.717, 1.165) is 13.0 Å². The first-order valence-electron chi connectivity index (χ1n) is 4.86. The van der Waals surface area contributed by atoms with Gasteiger partial charge in [-0.2, -0.15) is 0 Å². The Morgan fingerprint density at radius 3 is 2.25 bits per heavy atom. The van der Waals surface area contributed by atoms with Gasteiger partial charge in [-0.1, -0.05) is 6.42 Å². The van der Waals surface area contributed by atoms with E-state index >= 15 is 0 Å². The quantitative estimate of drug-likeness (QED) is 0.531. The molecule has 0 fully saturated rings. The predicted molar refractivity (Wildman–Crippen MR) is 60.5 cm³/mol. The van der Waals surface area contributed by atoms with E-state index in [1.807, 2.05) is 0 Å². The topological polar surface area (TPSA) is 35.2 Å². The zero-order valence-electron chi connectivity index (χ0n) is 8.89. The van der Waals surface area contributed by atoms with E-state index in [-0.39, 0.29) is 0 Å². The molecule has 0 aromatic rings. The van der Waals surface area contributed by atoms with Crippen molar-refractivity contribution < 1.29 is 4.12 Å². The molecule has 0 aromatic carbocycles. The molecule has 0 unspecified atom stereocenters. The Kier molecular flexibility index (Phi) is 6.08. The smallest absolute Gasteiger partial charge is 0.173 e. The molecular weight excluding hydrogens is 182 g/mol. The standard InChI is InChI=1S/C8H23NOSi2/c1-11(2)10-12(3,4)8-6-5-7-9/h11H,5-9H2,1-4H3. The molecule has 0 amide bonds. The third-order valence-electron chi connectivity index (χ3n) is 1.79. The molecule has 0 saturated heterocycles. The summed E-state index contributed by atoms with van der Waals surface area (Å²) in [7, 11) is -2.11. The molecule has 0 spiro atoms. The Bertz CT molecular complexity index is 118. The Morgan fingerprint density at radius 1 is 1.25 bits per heavy atom. The monoisotopic (exact) mass is 205 g/mol. The van der Waals surface area contributed by atoms with Crippen LogP contribution in [-0.4, -0.2) is 23.9 Å². The number of unbranched alkanes of at least 4 members (excludes halogenated alkanes) is 1. The molecule has 0 rings (SSSR count). The first-order valence-corrected chi connectivity index (χ1v) is 10.8. The lowest BCUT2D eigenvalue weighted by molar-refractivity contribution is 0.563. The summed E-state index contributed by atoms with van der Waals surface area (Å²) in [5, 5.41) is 0. The first kappa shape index (κ1) is 12.4. The normalized spacial score (nSPS) is 12.5. The van der Waals surface area contributed by atoms with Crippen molar-refractivity contribution in [2.75, 3.05) is 6.54 Å². The molecule has 74 valence electrons. The van der Waals surface area contributed by atoms with Crippen molar-refractivity contribution in [3.63, 3.8) is 0 Å². The van der Waals surface area contributed by atoms with Crippen LogP contribution in [0.25, 0.3) is 0 Å². The van der Waals surface area contributed by atoms with Gasteiger partial charge in [0, 0.05) is 0 Å². The summed E-state index contributed by atoms with van der Waals surface area (Å²) in [6, 6.07) is 1.27. The van der Waals surface area contributed by atoms with Gasteiger partial charge in [0.05, 0.1) is 0 Å². The molecule has 0 bridgehead atoms. The average molecular weight is 205 g/mol. The van der Waals surface area contributed by atoms with Crippen molar-refractivity contribution in [3.8, 4) is 0 Å². The summed E-state index contributed by atoms with van der Waals surface area (Å²) < 4.78 is 6.02. The lowest BCUT2D eigenvalue weighted by atomic mass is 10.3. The molecule has 0 atom stereocenters. The Morgan fingerprint density at radius 2 is 1.83 bits per heavy atom. The summed E-state index contributed by atoms with van der Waals surface area (Å²) in [5.74, 6) is 0. The molecule has 0 radical (unpaired) electrons. The largest absolute Gasteiger partial charge is 0.458 e. The van der Waals surface area contributed by atoms with Crippen LogP contribution in [0, 0.1) is 0 Å². The Hall–Kier alpha value is 0.354. The zero-order chi connectivity index (χ0) is 9.61. The van der Waals surface area contributed by atoms with Gasteiger partial charge in [0.25, 0.3) is 0 Å². The maximum atomic E-state index is 6.02. The Labute approximate surface area is 79.4 Å². The van der Waals surface area contributed by atoms with Crippen LogP contribution in [0.4, 0.5) is 0 Å². The molecule has 2 nitrogen and oxygen atoms in total. The molecule has 0 aliphatic carbocycles. The van der Waals surface area contributed by atoms with Crippen LogP contribution in [0.15, 0.2) is 0 Å². The number of hydrogen-bond donors (Lipinski definition) is 1. The van der Waals surface area contributed by atoms with Crippen LogP contribution < -0.4 is 5.73 Å². The van der Waals surface area contributed by atoms with Gasteiger partial charge >= 0.3 is 0 Å². The molecular formula is C8H23NOSi2. The highest BCUT2D eigenvalue weighted by molar-refractivity contribution is 6.77. The third kappa shape index (κ3) is 7.03. The van der Waals surface area contributed by atoms with Crippen molar-refractivity contribution in [2.45, 2.75) is 45.1 Å². The molecule has 0 aromatic heterocycles. The minimum Gasteiger partial charge on any atom is -0.458 e. The van der Waals surface area contributed by atoms with Crippen molar-refractivity contribution in [3.05, 3.63) is 0 Å². The second-order valence-corrected chi connectivity index (χ2v) is 11.2. The highest BCUT2D eigenvalue weighted by Crippen LogP contribution is 2.15. The average Bonchev–Trinajstić information content (AvgIpc) is 1.84. The van der Waals surface area contributed by atoms with Crippen molar-refractivity contribution in [1.29, 1.82) is 0 Å². The highest BCUT2D eigenvalue weighted by Gasteiger charge is 2.22. The van der Waals surface area contributed by atoms with Crippen molar-refractivity contribution in [2.24, 2.45) is 5.73 Å². The van der Waals surface area contributed by atoms with Crippen molar-refractivity contribution in [1.82, 2.24) is 0 Å². The second kappa shape index (κ2) is 5.91. The zero-order valence-corrected chi connectivity index (χ0v) is 11.0. The van der Waals surface area contributed by atoms with E-state index in [1.165, 1.54) is 12.5 Å². The van der Waals surface area contributed by atoms with E-state index < -0.39 is 17.4 Å². The molecule has 0 aliphatic rings. The summed E-state index contributed by atoms with van der Waals surface area (Å²) in [5.41, 5.74) is 5.44. The molecule has 12 heavy (non-hydrogen) atoms. The van der Waals surface area contributed by atoms with Crippen LogP contribution in [0.3, 0.4) is 0 Å². The van der Waals surface area contributed by atoms with Gasteiger partial charge in [-0.25, -0.2) is 0 Å². The van der Waals surface area contributed by atoms with E-state index in [0.29, 0.717) is 0 Å². The first-order chi connectivity index (χ1) is 5.48. The third-order valence-corrected chi connectivity index (χ3v) is 7.78. The SMILES string of the molecule is C[SiH](C)O[Si](C)(C)CCCCN. The highest BCUT2D eigenvalue weighted by atomic mass is 28.4. The van der Waals surface area contributed by atoms with E-state index in [9.17, 15) is 0 Å². The molecule has 0 saturated carbocycles. The van der Waals surface area contributed by atoms with E-state index in [4.69, 9.17) is 9.85 Å². The van der Waals surface area contributed by atoms with Crippen LogP contribution in [0.5, 0.6) is 0 Å². The number of rotatable bonds is 6. The van der Waals surface area contributed by atoms with E-state index in [2.05, 4.69) is 26.2 Å². The van der Waals surface area contributed by atoms with Gasteiger partial charge in [-0.15, -0.1) is 0 Å². The summed E-state index contributed by atoms with van der Waals surface area (Å²) in [6.07, 6.45) is 2.40. The van der Waals surface area contributed by atoms with Gasteiger partial charge in [-0.05, 0) is 45.2 Å². The lowest BCUT2D eigenvalue weighted by Crippen LogP contribution is -2.35. The molecule has 4 heteroatoms. The van der Waals surface area contributed by atoms with Gasteiger partial charge in [-0.3, -0.25) is 0 Å². The van der Waals surface area contributed by atoms with E-state index in [1.54, 1.807) is 0 Å². The number of hydrogen-bond acceptors (Lipinski definition) is 2. The van der Waals surface area contributed by atoms with Gasteiger partial charge in [0.15, 0.2) is 17.4 Å². The summed E-state index contributed by atoms with van der Waals surface area (Å²) >= 11 is 0. The lowest BCUT2D eigenvalue weighted by Gasteiger charge is -2.25. The Balaban J connectivity index is 3.56. The minimum atomic E-state index is -1.30. The fraction of sp³-hybridized carbons (Fsp3) is 1.00. The predicted octanol–water partition coefficient (Wildman–Crippen LogP) is 1.93. The van der Waals surface area contributed by atoms with Crippen LogP contribution in [-0.2, 0) is 4.12 Å².